The maximum absolute atomic E-state index is 13.6. The number of rotatable bonds is 9. The number of halogens is 2. The molecule has 1 fully saturated rings. The molecule has 0 aliphatic carbocycles. The van der Waals surface area contributed by atoms with E-state index in [-0.39, 0.29) is 35.9 Å². The average molecular weight is 480 g/mol. The van der Waals surface area contributed by atoms with E-state index >= 15 is 0 Å². The van der Waals surface area contributed by atoms with E-state index in [9.17, 15) is 26.8 Å². The third-order valence-electron chi connectivity index (χ3n) is 5.42. The van der Waals surface area contributed by atoms with Crippen LogP contribution in [-0.4, -0.2) is 44.2 Å². The van der Waals surface area contributed by atoms with Gasteiger partial charge in [0.25, 0.3) is 5.91 Å². The predicted molar refractivity (Wildman–Crippen MR) is 119 cm³/mol. The molecular formula is C23H27F2N3O4S. The lowest BCUT2D eigenvalue weighted by Crippen LogP contribution is -2.36. The van der Waals surface area contributed by atoms with E-state index in [0.29, 0.717) is 31.1 Å². The summed E-state index contributed by atoms with van der Waals surface area (Å²) in [6.07, 6.45) is 3.08. The van der Waals surface area contributed by atoms with Gasteiger partial charge in [-0.3, -0.25) is 9.59 Å². The minimum Gasteiger partial charge on any atom is -0.352 e. The lowest BCUT2D eigenvalue weighted by atomic mass is 10.2. The molecule has 2 aromatic carbocycles. The number of nitrogens with zero attached hydrogens (tertiary/aromatic N) is 1. The fraction of sp³-hybridized carbons (Fsp3) is 0.391. The summed E-state index contributed by atoms with van der Waals surface area (Å²) in [7, 11) is -3.62. The van der Waals surface area contributed by atoms with Crippen molar-refractivity contribution in [2.45, 2.75) is 43.5 Å². The molecule has 2 aromatic rings. The summed E-state index contributed by atoms with van der Waals surface area (Å²) in [4.78, 5) is 24.4. The quantitative estimate of drug-likeness (QED) is 0.541. The molecule has 1 aliphatic rings. The van der Waals surface area contributed by atoms with Crippen molar-refractivity contribution in [1.29, 1.82) is 0 Å². The molecule has 0 unspecified atom stereocenters. The van der Waals surface area contributed by atoms with Crippen molar-refractivity contribution < 1.29 is 26.8 Å². The molecule has 2 N–H and O–H groups in total. The Hall–Kier alpha value is -2.85. The van der Waals surface area contributed by atoms with Crippen LogP contribution in [0.3, 0.4) is 0 Å². The summed E-state index contributed by atoms with van der Waals surface area (Å²) in [5.41, 5.74) is 0.240. The molecule has 0 saturated carbocycles. The standard InChI is InChI=1S/C23H27F2N3O4S/c24-18-10-11-19(20(25)15-18)23(30)26-12-6-9-22(29)27-16-17-7-2-3-8-21(17)33(31,32)28-13-4-1-5-14-28/h2-3,7-8,10-11,15H,1,4-6,9,12-14,16H2,(H,26,30)(H,27,29). The van der Waals surface area contributed by atoms with Gasteiger partial charge >= 0.3 is 0 Å². The highest BCUT2D eigenvalue weighted by Crippen LogP contribution is 2.23. The van der Waals surface area contributed by atoms with Crippen molar-refractivity contribution in [3.8, 4) is 0 Å². The Kier molecular flexibility index (Phi) is 8.51. The highest BCUT2D eigenvalue weighted by atomic mass is 32.2. The van der Waals surface area contributed by atoms with Gasteiger partial charge in [-0.25, -0.2) is 17.2 Å². The molecule has 2 amide bonds. The molecular weight excluding hydrogens is 452 g/mol. The first-order valence-corrected chi connectivity index (χ1v) is 12.3. The number of carbonyl (C=O) groups is 2. The molecule has 0 atom stereocenters. The lowest BCUT2D eigenvalue weighted by molar-refractivity contribution is -0.121. The van der Waals surface area contributed by atoms with Crippen LogP contribution in [0.1, 0.15) is 48.0 Å². The van der Waals surface area contributed by atoms with Gasteiger partial charge in [0.15, 0.2) is 0 Å². The monoisotopic (exact) mass is 479 g/mol. The van der Waals surface area contributed by atoms with Gasteiger partial charge in [0, 0.05) is 38.7 Å². The number of carbonyl (C=O) groups excluding carboxylic acids is 2. The third kappa shape index (κ3) is 6.58. The average Bonchev–Trinajstić information content (AvgIpc) is 2.81. The van der Waals surface area contributed by atoms with Crippen LogP contribution in [0.15, 0.2) is 47.4 Å². The summed E-state index contributed by atoms with van der Waals surface area (Å²) in [5, 5.41) is 5.20. The molecule has 0 bridgehead atoms. The summed E-state index contributed by atoms with van der Waals surface area (Å²) < 4.78 is 54.1. The van der Waals surface area contributed by atoms with Crippen molar-refractivity contribution in [3.05, 3.63) is 65.2 Å². The van der Waals surface area contributed by atoms with Crippen LogP contribution in [0.4, 0.5) is 8.78 Å². The number of hydrogen-bond acceptors (Lipinski definition) is 4. The SMILES string of the molecule is O=C(CCCNC(=O)c1ccc(F)cc1F)NCc1ccccc1S(=O)(=O)N1CCCCC1. The topological polar surface area (TPSA) is 95.6 Å². The van der Waals surface area contributed by atoms with E-state index in [1.165, 1.54) is 4.31 Å². The molecule has 0 spiro atoms. The van der Waals surface area contributed by atoms with Crippen molar-refractivity contribution in [2.24, 2.45) is 0 Å². The Balaban J connectivity index is 1.48. The Morgan fingerprint density at radius 3 is 2.42 bits per heavy atom. The van der Waals surface area contributed by atoms with Crippen molar-refractivity contribution >= 4 is 21.8 Å². The van der Waals surface area contributed by atoms with Gasteiger partial charge in [-0.2, -0.15) is 4.31 Å². The number of benzene rings is 2. The second-order valence-corrected chi connectivity index (χ2v) is 9.74. The molecule has 33 heavy (non-hydrogen) atoms. The summed E-state index contributed by atoms with van der Waals surface area (Å²) >= 11 is 0. The fourth-order valence-electron chi connectivity index (χ4n) is 3.65. The molecule has 0 aromatic heterocycles. The third-order valence-corrected chi connectivity index (χ3v) is 7.42. The summed E-state index contributed by atoms with van der Waals surface area (Å²) in [6, 6.07) is 9.29. The number of piperidine rings is 1. The van der Waals surface area contributed by atoms with Gasteiger partial charge in [0.05, 0.1) is 10.5 Å². The van der Waals surface area contributed by atoms with Gasteiger partial charge < -0.3 is 10.6 Å². The normalized spacial score (nSPS) is 14.6. The van der Waals surface area contributed by atoms with Crippen molar-refractivity contribution in [2.75, 3.05) is 19.6 Å². The van der Waals surface area contributed by atoms with Gasteiger partial charge in [0.1, 0.15) is 11.6 Å². The number of amides is 2. The van der Waals surface area contributed by atoms with E-state index in [4.69, 9.17) is 0 Å². The minimum absolute atomic E-state index is 0.0647. The minimum atomic E-state index is -3.62. The molecule has 3 rings (SSSR count). The predicted octanol–water partition coefficient (Wildman–Crippen LogP) is 2.97. The molecule has 0 radical (unpaired) electrons. The Bertz CT molecular complexity index is 1100. The molecule has 7 nitrogen and oxygen atoms in total. The zero-order valence-corrected chi connectivity index (χ0v) is 19.0. The van der Waals surface area contributed by atoms with E-state index in [2.05, 4.69) is 10.6 Å². The summed E-state index contributed by atoms with van der Waals surface area (Å²) in [5.74, 6) is -2.72. The number of sulfonamides is 1. The fourth-order valence-corrected chi connectivity index (χ4v) is 5.39. The molecule has 10 heteroatoms. The smallest absolute Gasteiger partial charge is 0.254 e. The van der Waals surface area contributed by atoms with E-state index in [1.807, 2.05) is 0 Å². The van der Waals surface area contributed by atoms with Crippen LogP contribution < -0.4 is 10.6 Å². The molecule has 1 saturated heterocycles. The van der Waals surface area contributed by atoms with Crippen LogP contribution in [0.25, 0.3) is 0 Å². The number of hydrogen-bond donors (Lipinski definition) is 2. The van der Waals surface area contributed by atoms with Crippen LogP contribution in [0.5, 0.6) is 0 Å². The second kappa shape index (κ2) is 11.3. The largest absolute Gasteiger partial charge is 0.352 e. The van der Waals surface area contributed by atoms with Crippen LogP contribution in [-0.2, 0) is 21.4 Å². The van der Waals surface area contributed by atoms with E-state index < -0.39 is 27.6 Å². The van der Waals surface area contributed by atoms with Gasteiger partial charge in [-0.1, -0.05) is 24.6 Å². The summed E-state index contributed by atoms with van der Waals surface area (Å²) in [6.45, 7) is 1.19. The van der Waals surface area contributed by atoms with Crippen LogP contribution >= 0.6 is 0 Å². The van der Waals surface area contributed by atoms with Gasteiger partial charge in [-0.15, -0.1) is 0 Å². The van der Waals surface area contributed by atoms with Crippen molar-refractivity contribution in [3.63, 3.8) is 0 Å². The zero-order valence-electron chi connectivity index (χ0n) is 18.1. The molecule has 1 heterocycles. The Morgan fingerprint density at radius 2 is 1.70 bits per heavy atom. The van der Waals surface area contributed by atoms with Crippen molar-refractivity contribution in [1.82, 2.24) is 14.9 Å². The highest BCUT2D eigenvalue weighted by molar-refractivity contribution is 7.89. The number of nitrogens with one attached hydrogen (secondary N) is 2. The molecule has 1 aliphatic heterocycles. The van der Waals surface area contributed by atoms with Crippen LogP contribution in [0.2, 0.25) is 0 Å². The van der Waals surface area contributed by atoms with E-state index in [1.54, 1.807) is 24.3 Å². The van der Waals surface area contributed by atoms with Gasteiger partial charge in [-0.05, 0) is 43.0 Å². The Morgan fingerprint density at radius 1 is 0.970 bits per heavy atom. The first-order valence-electron chi connectivity index (χ1n) is 10.9. The lowest BCUT2D eigenvalue weighted by Gasteiger charge is -2.26. The molecule has 178 valence electrons. The van der Waals surface area contributed by atoms with Gasteiger partial charge in [0.2, 0.25) is 15.9 Å². The van der Waals surface area contributed by atoms with E-state index in [0.717, 1.165) is 31.4 Å². The second-order valence-electron chi connectivity index (χ2n) is 7.83. The highest BCUT2D eigenvalue weighted by Gasteiger charge is 2.27. The maximum Gasteiger partial charge on any atom is 0.254 e. The van der Waals surface area contributed by atoms with Crippen LogP contribution in [0, 0.1) is 11.6 Å². The zero-order chi connectivity index (χ0) is 23.8. The maximum atomic E-state index is 13.6. The first kappa shape index (κ1) is 24.8. The first-order chi connectivity index (χ1) is 15.8. The Labute approximate surface area is 192 Å².